The van der Waals surface area contributed by atoms with Gasteiger partial charge in [0.1, 0.15) is 5.82 Å². The molecule has 0 aliphatic heterocycles. The smallest absolute Gasteiger partial charge is 0.251 e. The fourth-order valence-corrected chi connectivity index (χ4v) is 1.75. The van der Waals surface area contributed by atoms with Crippen LogP contribution in [0.25, 0.3) is 0 Å². The summed E-state index contributed by atoms with van der Waals surface area (Å²) >= 11 is 0. The number of rotatable bonds is 10. The number of carbonyl (C=O) groups excluding carboxylic acids is 1. The number of anilines is 1. The zero-order chi connectivity index (χ0) is 15.5. The molecule has 0 fully saturated rings. The van der Waals surface area contributed by atoms with Gasteiger partial charge in [0.15, 0.2) is 0 Å². The van der Waals surface area contributed by atoms with Crippen molar-refractivity contribution in [3.8, 4) is 0 Å². The summed E-state index contributed by atoms with van der Waals surface area (Å²) in [6, 6.07) is 3.58. The number of amides is 1. The monoisotopic (exact) mass is 295 g/mol. The molecule has 0 unspecified atom stereocenters. The topological polar surface area (TPSA) is 72.5 Å². The van der Waals surface area contributed by atoms with Crippen LogP contribution in [-0.2, 0) is 15.9 Å². The van der Waals surface area contributed by atoms with E-state index in [1.54, 1.807) is 20.2 Å². The lowest BCUT2D eigenvalue weighted by Crippen LogP contribution is -2.25. The van der Waals surface area contributed by atoms with E-state index in [1.165, 1.54) is 0 Å². The zero-order valence-electron chi connectivity index (χ0n) is 13.1. The van der Waals surface area contributed by atoms with E-state index in [0.717, 1.165) is 18.5 Å². The predicted molar refractivity (Wildman–Crippen MR) is 82.8 cm³/mol. The Kier molecular flexibility index (Phi) is 8.38. The number of hydrogen-bond acceptors (Lipinski definition) is 5. The Labute approximate surface area is 126 Å². The van der Waals surface area contributed by atoms with Crippen LogP contribution in [0.15, 0.2) is 12.1 Å². The van der Waals surface area contributed by atoms with E-state index in [0.29, 0.717) is 37.7 Å². The number of hydrogen-bond donors (Lipinski definition) is 2. The first-order chi connectivity index (χ1) is 10.2. The van der Waals surface area contributed by atoms with Gasteiger partial charge in [0, 0.05) is 38.6 Å². The van der Waals surface area contributed by atoms with Crippen LogP contribution in [0.1, 0.15) is 29.4 Å². The molecular formula is C15H25N3O3. The lowest BCUT2D eigenvalue weighted by atomic mass is 10.2. The fraction of sp³-hybridized carbons (Fsp3) is 0.600. The molecule has 1 aromatic rings. The van der Waals surface area contributed by atoms with E-state index in [4.69, 9.17) is 9.47 Å². The van der Waals surface area contributed by atoms with Crippen LogP contribution in [0.5, 0.6) is 0 Å². The van der Waals surface area contributed by atoms with Gasteiger partial charge in [-0.3, -0.25) is 4.79 Å². The van der Waals surface area contributed by atoms with Crippen molar-refractivity contribution in [3.63, 3.8) is 0 Å². The SMILES string of the molecule is CCc1cc(C(=O)NCCCOCCOC)cc(NC)n1. The minimum atomic E-state index is -0.0829. The number of carbonyl (C=O) groups is 1. The van der Waals surface area contributed by atoms with Gasteiger partial charge in [0.2, 0.25) is 0 Å². The second kappa shape index (κ2) is 10.1. The predicted octanol–water partition coefficient (Wildman–Crippen LogP) is 1.47. The van der Waals surface area contributed by atoms with Gasteiger partial charge in [-0.2, -0.15) is 0 Å². The van der Waals surface area contributed by atoms with E-state index in [2.05, 4.69) is 15.6 Å². The molecule has 1 amide bonds. The zero-order valence-corrected chi connectivity index (χ0v) is 13.1. The molecule has 0 spiro atoms. The molecule has 1 aromatic heterocycles. The number of methoxy groups -OCH3 is 1. The van der Waals surface area contributed by atoms with Crippen molar-refractivity contribution in [2.45, 2.75) is 19.8 Å². The van der Waals surface area contributed by atoms with Gasteiger partial charge in [-0.05, 0) is 25.0 Å². The maximum atomic E-state index is 12.1. The third-order valence-corrected chi connectivity index (χ3v) is 2.94. The van der Waals surface area contributed by atoms with Crippen molar-refractivity contribution in [3.05, 3.63) is 23.4 Å². The summed E-state index contributed by atoms with van der Waals surface area (Å²) in [6.07, 6.45) is 1.57. The summed E-state index contributed by atoms with van der Waals surface area (Å²) in [4.78, 5) is 16.5. The molecule has 0 bridgehead atoms. The highest BCUT2D eigenvalue weighted by Gasteiger charge is 2.08. The largest absolute Gasteiger partial charge is 0.382 e. The van der Waals surface area contributed by atoms with E-state index in [9.17, 15) is 4.79 Å². The molecule has 1 heterocycles. The van der Waals surface area contributed by atoms with Crippen molar-refractivity contribution in [2.75, 3.05) is 45.8 Å². The summed E-state index contributed by atoms with van der Waals surface area (Å²) in [6.45, 7) is 4.39. The molecule has 0 radical (unpaired) electrons. The summed E-state index contributed by atoms with van der Waals surface area (Å²) < 4.78 is 10.2. The van der Waals surface area contributed by atoms with Gasteiger partial charge in [-0.15, -0.1) is 0 Å². The Morgan fingerprint density at radius 2 is 2.10 bits per heavy atom. The molecular weight excluding hydrogens is 270 g/mol. The second-order valence-electron chi connectivity index (χ2n) is 4.55. The van der Waals surface area contributed by atoms with Crippen LogP contribution >= 0.6 is 0 Å². The van der Waals surface area contributed by atoms with Gasteiger partial charge >= 0.3 is 0 Å². The average Bonchev–Trinajstić information content (AvgIpc) is 2.53. The van der Waals surface area contributed by atoms with Gasteiger partial charge in [0.25, 0.3) is 5.91 Å². The van der Waals surface area contributed by atoms with Crippen LogP contribution in [-0.4, -0.2) is 51.4 Å². The minimum absolute atomic E-state index is 0.0829. The van der Waals surface area contributed by atoms with Crippen LogP contribution < -0.4 is 10.6 Å². The molecule has 118 valence electrons. The standard InChI is InChI=1S/C15H25N3O3/c1-4-13-10-12(11-14(16-2)18-13)15(19)17-6-5-7-21-9-8-20-3/h10-11H,4-9H2,1-3H3,(H,16,18)(H,17,19). The van der Waals surface area contributed by atoms with E-state index < -0.39 is 0 Å². The van der Waals surface area contributed by atoms with E-state index >= 15 is 0 Å². The van der Waals surface area contributed by atoms with Crippen LogP contribution in [0.4, 0.5) is 5.82 Å². The van der Waals surface area contributed by atoms with Gasteiger partial charge in [0.05, 0.1) is 13.2 Å². The van der Waals surface area contributed by atoms with E-state index in [1.807, 2.05) is 13.0 Å². The quantitative estimate of drug-likeness (QED) is 0.640. The maximum Gasteiger partial charge on any atom is 0.251 e. The summed E-state index contributed by atoms with van der Waals surface area (Å²) in [5.74, 6) is 0.628. The summed E-state index contributed by atoms with van der Waals surface area (Å²) in [5.41, 5.74) is 1.53. The van der Waals surface area contributed by atoms with Crippen LogP contribution in [0, 0.1) is 0 Å². The van der Waals surface area contributed by atoms with Gasteiger partial charge < -0.3 is 20.1 Å². The molecule has 6 heteroatoms. The molecule has 0 saturated carbocycles. The number of aryl methyl sites for hydroxylation is 1. The fourth-order valence-electron chi connectivity index (χ4n) is 1.75. The molecule has 0 atom stereocenters. The number of nitrogens with zero attached hydrogens (tertiary/aromatic N) is 1. The lowest BCUT2D eigenvalue weighted by molar-refractivity contribution is 0.0688. The first-order valence-corrected chi connectivity index (χ1v) is 7.24. The molecule has 0 aliphatic rings. The summed E-state index contributed by atoms with van der Waals surface area (Å²) in [5, 5.41) is 5.86. The first kappa shape index (κ1) is 17.4. The second-order valence-corrected chi connectivity index (χ2v) is 4.55. The highest BCUT2D eigenvalue weighted by atomic mass is 16.5. The molecule has 0 aliphatic carbocycles. The Morgan fingerprint density at radius 3 is 2.76 bits per heavy atom. The Bertz CT molecular complexity index is 416. The molecule has 6 nitrogen and oxygen atoms in total. The minimum Gasteiger partial charge on any atom is -0.382 e. The third kappa shape index (κ3) is 6.55. The van der Waals surface area contributed by atoms with Crippen molar-refractivity contribution in [2.24, 2.45) is 0 Å². The van der Waals surface area contributed by atoms with Crippen LogP contribution in [0.3, 0.4) is 0 Å². The Hall–Kier alpha value is -1.66. The van der Waals surface area contributed by atoms with Crippen LogP contribution in [0.2, 0.25) is 0 Å². The van der Waals surface area contributed by atoms with Crippen molar-refractivity contribution in [1.29, 1.82) is 0 Å². The third-order valence-electron chi connectivity index (χ3n) is 2.94. The van der Waals surface area contributed by atoms with E-state index in [-0.39, 0.29) is 5.91 Å². The van der Waals surface area contributed by atoms with Crippen molar-refractivity contribution < 1.29 is 14.3 Å². The number of pyridine rings is 1. The Morgan fingerprint density at radius 1 is 1.29 bits per heavy atom. The molecule has 0 saturated heterocycles. The van der Waals surface area contributed by atoms with Gasteiger partial charge in [-0.25, -0.2) is 4.98 Å². The molecule has 2 N–H and O–H groups in total. The first-order valence-electron chi connectivity index (χ1n) is 7.24. The highest BCUT2D eigenvalue weighted by Crippen LogP contribution is 2.10. The highest BCUT2D eigenvalue weighted by molar-refractivity contribution is 5.94. The maximum absolute atomic E-state index is 12.1. The molecule has 1 rings (SSSR count). The Balaban J connectivity index is 2.38. The normalized spacial score (nSPS) is 10.4. The number of nitrogens with one attached hydrogen (secondary N) is 2. The number of aromatic nitrogens is 1. The number of ether oxygens (including phenoxy) is 2. The average molecular weight is 295 g/mol. The van der Waals surface area contributed by atoms with Crippen molar-refractivity contribution in [1.82, 2.24) is 10.3 Å². The van der Waals surface area contributed by atoms with Gasteiger partial charge in [-0.1, -0.05) is 6.92 Å². The lowest BCUT2D eigenvalue weighted by Gasteiger charge is -2.09. The van der Waals surface area contributed by atoms with Crippen molar-refractivity contribution >= 4 is 11.7 Å². The summed E-state index contributed by atoms with van der Waals surface area (Å²) in [7, 11) is 3.43. The molecule has 0 aromatic carbocycles. The molecule has 21 heavy (non-hydrogen) atoms.